The summed E-state index contributed by atoms with van der Waals surface area (Å²) < 4.78 is 5.50. The number of carbonyl (C=O) groups excluding carboxylic acids is 1. The van der Waals surface area contributed by atoms with E-state index < -0.39 is 5.91 Å². The third-order valence-electron chi connectivity index (χ3n) is 2.88. The molecule has 0 unspecified atom stereocenters. The Morgan fingerprint density at radius 3 is 2.70 bits per heavy atom. The normalized spacial score (nSPS) is 10.2. The first-order valence-corrected chi connectivity index (χ1v) is 6.39. The molecule has 5 heteroatoms. The number of nitrogens with two attached hydrogens (primary N) is 2. The molecule has 2 aromatic rings. The number of benzene rings is 1. The molecule has 20 heavy (non-hydrogen) atoms. The van der Waals surface area contributed by atoms with Crippen LogP contribution in [0.15, 0.2) is 42.6 Å². The highest BCUT2D eigenvalue weighted by atomic mass is 16.5. The van der Waals surface area contributed by atoms with E-state index >= 15 is 0 Å². The Morgan fingerprint density at radius 1 is 1.25 bits per heavy atom. The summed E-state index contributed by atoms with van der Waals surface area (Å²) >= 11 is 0. The van der Waals surface area contributed by atoms with Crippen LogP contribution in [0.5, 0.6) is 5.88 Å². The number of nitrogens with zero attached hydrogens (tertiary/aromatic N) is 1. The molecule has 0 saturated carbocycles. The quantitative estimate of drug-likeness (QED) is 0.783. The third kappa shape index (κ3) is 3.71. The fraction of sp³-hybridized carbons (Fsp3) is 0.200. The lowest BCUT2D eigenvalue weighted by molar-refractivity contribution is 0.100. The summed E-state index contributed by atoms with van der Waals surface area (Å²) in [5, 5.41) is 0. The lowest BCUT2D eigenvalue weighted by atomic mass is 10.1. The van der Waals surface area contributed by atoms with Crippen LogP contribution in [0.25, 0.3) is 0 Å². The van der Waals surface area contributed by atoms with Gasteiger partial charge in [-0.1, -0.05) is 30.3 Å². The van der Waals surface area contributed by atoms with Gasteiger partial charge in [-0.25, -0.2) is 4.98 Å². The standard InChI is InChI=1S/C15H17N3O2/c16-13-10-18-14(9-12(13)15(17)19)20-8-4-7-11-5-2-1-3-6-11/h1-3,5-6,9-10H,4,7-8,16H2,(H2,17,19). The molecular formula is C15H17N3O2. The van der Waals surface area contributed by atoms with Crippen molar-refractivity contribution in [3.8, 4) is 5.88 Å². The van der Waals surface area contributed by atoms with Crippen LogP contribution < -0.4 is 16.2 Å². The zero-order valence-corrected chi connectivity index (χ0v) is 11.1. The zero-order chi connectivity index (χ0) is 14.4. The van der Waals surface area contributed by atoms with E-state index in [0.29, 0.717) is 12.5 Å². The number of hydrogen-bond donors (Lipinski definition) is 2. The second-order valence-electron chi connectivity index (χ2n) is 4.41. The lowest BCUT2D eigenvalue weighted by Crippen LogP contribution is -2.14. The van der Waals surface area contributed by atoms with Gasteiger partial charge >= 0.3 is 0 Å². The van der Waals surface area contributed by atoms with Crippen molar-refractivity contribution in [1.82, 2.24) is 4.98 Å². The molecule has 1 aromatic carbocycles. The number of rotatable bonds is 6. The predicted molar refractivity (Wildman–Crippen MR) is 77.4 cm³/mol. The molecule has 2 rings (SSSR count). The number of aromatic nitrogens is 1. The molecule has 0 bridgehead atoms. The Morgan fingerprint density at radius 2 is 2.00 bits per heavy atom. The van der Waals surface area contributed by atoms with Crippen molar-refractivity contribution >= 4 is 11.6 Å². The van der Waals surface area contributed by atoms with Crippen LogP contribution >= 0.6 is 0 Å². The maximum atomic E-state index is 11.1. The average Bonchev–Trinajstić information content (AvgIpc) is 2.46. The van der Waals surface area contributed by atoms with Crippen molar-refractivity contribution in [3.63, 3.8) is 0 Å². The van der Waals surface area contributed by atoms with Gasteiger partial charge in [-0.3, -0.25) is 4.79 Å². The van der Waals surface area contributed by atoms with E-state index in [1.165, 1.54) is 17.8 Å². The number of anilines is 1. The third-order valence-corrected chi connectivity index (χ3v) is 2.88. The van der Waals surface area contributed by atoms with Gasteiger partial charge in [0.1, 0.15) is 0 Å². The van der Waals surface area contributed by atoms with Crippen LogP contribution in [0.3, 0.4) is 0 Å². The number of pyridine rings is 1. The largest absolute Gasteiger partial charge is 0.478 e. The second kappa shape index (κ2) is 6.56. The van der Waals surface area contributed by atoms with Crippen LogP contribution in [0.4, 0.5) is 5.69 Å². The number of carbonyl (C=O) groups is 1. The summed E-state index contributed by atoms with van der Waals surface area (Å²) in [6, 6.07) is 11.6. The van der Waals surface area contributed by atoms with Crippen molar-refractivity contribution < 1.29 is 9.53 Å². The molecule has 0 atom stereocenters. The molecule has 0 aliphatic heterocycles. The van der Waals surface area contributed by atoms with Crippen LogP contribution in [0.2, 0.25) is 0 Å². The molecular weight excluding hydrogens is 254 g/mol. The summed E-state index contributed by atoms with van der Waals surface area (Å²) in [6.45, 7) is 0.518. The van der Waals surface area contributed by atoms with Crippen molar-refractivity contribution in [3.05, 3.63) is 53.7 Å². The average molecular weight is 271 g/mol. The monoisotopic (exact) mass is 271 g/mol. The van der Waals surface area contributed by atoms with E-state index in [-0.39, 0.29) is 11.3 Å². The predicted octanol–water partition coefficient (Wildman–Crippen LogP) is 1.77. The highest BCUT2D eigenvalue weighted by Gasteiger charge is 2.08. The zero-order valence-electron chi connectivity index (χ0n) is 11.1. The van der Waals surface area contributed by atoms with Crippen molar-refractivity contribution in [2.45, 2.75) is 12.8 Å². The Hall–Kier alpha value is -2.56. The van der Waals surface area contributed by atoms with Crippen LogP contribution in [0.1, 0.15) is 22.3 Å². The fourth-order valence-corrected chi connectivity index (χ4v) is 1.84. The summed E-state index contributed by atoms with van der Waals surface area (Å²) in [6.07, 6.45) is 3.17. The summed E-state index contributed by atoms with van der Waals surface area (Å²) in [5.41, 5.74) is 12.6. The summed E-state index contributed by atoms with van der Waals surface area (Å²) in [4.78, 5) is 15.2. The van der Waals surface area contributed by atoms with Gasteiger partial charge in [-0.15, -0.1) is 0 Å². The molecule has 1 heterocycles. The first-order chi connectivity index (χ1) is 9.66. The Balaban J connectivity index is 1.85. The lowest BCUT2D eigenvalue weighted by Gasteiger charge is -2.07. The molecule has 1 aromatic heterocycles. The highest BCUT2D eigenvalue weighted by Crippen LogP contribution is 2.16. The van der Waals surface area contributed by atoms with Gasteiger partial charge < -0.3 is 16.2 Å². The van der Waals surface area contributed by atoms with E-state index in [9.17, 15) is 4.79 Å². The Kier molecular flexibility index (Phi) is 4.55. The molecule has 5 nitrogen and oxygen atoms in total. The van der Waals surface area contributed by atoms with Gasteiger partial charge in [-0.2, -0.15) is 0 Å². The molecule has 0 fully saturated rings. The second-order valence-corrected chi connectivity index (χ2v) is 4.41. The molecule has 0 spiro atoms. The topological polar surface area (TPSA) is 91.2 Å². The first kappa shape index (κ1) is 13.9. The highest BCUT2D eigenvalue weighted by molar-refractivity contribution is 5.97. The van der Waals surface area contributed by atoms with Crippen LogP contribution in [-0.2, 0) is 6.42 Å². The number of amides is 1. The van der Waals surface area contributed by atoms with E-state index in [2.05, 4.69) is 17.1 Å². The minimum atomic E-state index is -0.584. The summed E-state index contributed by atoms with van der Waals surface area (Å²) in [7, 11) is 0. The van der Waals surface area contributed by atoms with Gasteiger partial charge in [0.2, 0.25) is 5.88 Å². The minimum Gasteiger partial charge on any atom is -0.478 e. The summed E-state index contributed by atoms with van der Waals surface area (Å²) in [5.74, 6) is -0.222. The molecule has 0 aliphatic rings. The van der Waals surface area contributed by atoms with Crippen LogP contribution in [-0.4, -0.2) is 17.5 Å². The SMILES string of the molecule is NC(=O)c1cc(OCCCc2ccccc2)ncc1N. The number of ether oxygens (including phenoxy) is 1. The van der Waals surface area contributed by atoms with E-state index in [1.807, 2.05) is 18.2 Å². The Labute approximate surface area is 117 Å². The molecule has 1 amide bonds. The molecule has 0 radical (unpaired) electrons. The fourth-order valence-electron chi connectivity index (χ4n) is 1.84. The van der Waals surface area contributed by atoms with Crippen molar-refractivity contribution in [2.75, 3.05) is 12.3 Å². The van der Waals surface area contributed by atoms with Crippen molar-refractivity contribution in [1.29, 1.82) is 0 Å². The van der Waals surface area contributed by atoms with Gasteiger partial charge in [0.15, 0.2) is 0 Å². The van der Waals surface area contributed by atoms with Gasteiger partial charge in [0.25, 0.3) is 5.91 Å². The number of nitrogen functional groups attached to an aromatic ring is 1. The van der Waals surface area contributed by atoms with Gasteiger partial charge in [0.05, 0.1) is 24.1 Å². The van der Waals surface area contributed by atoms with E-state index in [0.717, 1.165) is 12.8 Å². The maximum absolute atomic E-state index is 11.1. The number of aryl methyl sites for hydroxylation is 1. The van der Waals surface area contributed by atoms with Crippen LogP contribution in [0, 0.1) is 0 Å². The first-order valence-electron chi connectivity index (χ1n) is 6.39. The molecule has 104 valence electrons. The minimum absolute atomic E-state index is 0.234. The van der Waals surface area contributed by atoms with Gasteiger partial charge in [0, 0.05) is 6.07 Å². The molecule has 4 N–H and O–H groups in total. The maximum Gasteiger partial charge on any atom is 0.251 e. The van der Waals surface area contributed by atoms with E-state index in [4.69, 9.17) is 16.2 Å². The van der Waals surface area contributed by atoms with E-state index in [1.54, 1.807) is 0 Å². The smallest absolute Gasteiger partial charge is 0.251 e. The molecule has 0 saturated heterocycles. The Bertz CT molecular complexity index is 585. The number of hydrogen-bond acceptors (Lipinski definition) is 4. The number of primary amides is 1. The van der Waals surface area contributed by atoms with Gasteiger partial charge in [-0.05, 0) is 18.4 Å². The van der Waals surface area contributed by atoms with Crippen molar-refractivity contribution in [2.24, 2.45) is 5.73 Å². The molecule has 0 aliphatic carbocycles.